The highest BCUT2D eigenvalue weighted by molar-refractivity contribution is 9.09. The fraction of sp³-hybridized carbons (Fsp3) is 0.286. The van der Waals surface area contributed by atoms with Crippen molar-refractivity contribution in [3.8, 4) is 0 Å². The number of halogens is 2. The summed E-state index contributed by atoms with van der Waals surface area (Å²) in [7, 11) is 0. The van der Waals surface area contributed by atoms with Crippen molar-refractivity contribution >= 4 is 27.3 Å². The van der Waals surface area contributed by atoms with Crippen molar-refractivity contribution in [2.24, 2.45) is 0 Å². The number of rotatable bonds is 4. The number of thiophene rings is 1. The van der Waals surface area contributed by atoms with Crippen molar-refractivity contribution in [1.29, 1.82) is 0 Å². The van der Waals surface area contributed by atoms with Crippen LogP contribution < -0.4 is 0 Å². The Bertz CT molecular complexity index is 475. The average Bonchev–Trinajstić information content (AvgIpc) is 2.81. The van der Waals surface area contributed by atoms with Crippen LogP contribution in [0.5, 0.6) is 0 Å². The van der Waals surface area contributed by atoms with E-state index in [1.54, 1.807) is 0 Å². The molecular weight excluding hydrogens is 299 g/mol. The molecule has 2 rings (SSSR count). The predicted octanol–water partition coefficient (Wildman–Crippen LogP) is 5.13. The Morgan fingerprint density at radius 3 is 2.47 bits per heavy atom. The van der Waals surface area contributed by atoms with Crippen LogP contribution in [0.3, 0.4) is 0 Å². The van der Waals surface area contributed by atoms with Gasteiger partial charge in [-0.15, -0.1) is 11.3 Å². The van der Waals surface area contributed by atoms with Crippen LogP contribution in [-0.4, -0.2) is 0 Å². The zero-order valence-corrected chi connectivity index (χ0v) is 12.0. The highest BCUT2D eigenvalue weighted by Crippen LogP contribution is 2.32. The van der Waals surface area contributed by atoms with Crippen LogP contribution in [0.1, 0.15) is 27.1 Å². The van der Waals surface area contributed by atoms with Gasteiger partial charge in [0.1, 0.15) is 5.82 Å². The minimum atomic E-state index is -0.177. The van der Waals surface area contributed by atoms with Crippen LogP contribution in [0.25, 0.3) is 0 Å². The topological polar surface area (TPSA) is 0 Å². The van der Waals surface area contributed by atoms with Gasteiger partial charge < -0.3 is 0 Å². The molecule has 0 saturated heterocycles. The van der Waals surface area contributed by atoms with Gasteiger partial charge in [-0.1, -0.05) is 35.0 Å². The van der Waals surface area contributed by atoms with Crippen molar-refractivity contribution in [2.45, 2.75) is 24.6 Å². The second-order valence-corrected chi connectivity index (χ2v) is 6.26. The smallest absolute Gasteiger partial charge is 0.123 e. The van der Waals surface area contributed by atoms with E-state index in [1.165, 1.54) is 21.9 Å². The Morgan fingerprint density at radius 1 is 1.18 bits per heavy atom. The molecule has 0 amide bonds. The first-order chi connectivity index (χ1) is 8.19. The summed E-state index contributed by atoms with van der Waals surface area (Å²) in [6, 6.07) is 11.1. The molecule has 1 aromatic carbocycles. The molecule has 17 heavy (non-hydrogen) atoms. The lowest BCUT2D eigenvalue weighted by molar-refractivity contribution is 0.627. The fourth-order valence-electron chi connectivity index (χ4n) is 1.68. The molecule has 0 radical (unpaired) electrons. The summed E-state index contributed by atoms with van der Waals surface area (Å²) >= 11 is 5.54. The van der Waals surface area contributed by atoms with Gasteiger partial charge in [0.2, 0.25) is 0 Å². The van der Waals surface area contributed by atoms with Crippen LogP contribution in [-0.2, 0) is 12.8 Å². The summed E-state index contributed by atoms with van der Waals surface area (Å²) in [6.07, 6.45) is 1.98. The molecule has 0 aliphatic heterocycles. The summed E-state index contributed by atoms with van der Waals surface area (Å²) in [4.78, 5) is 3.06. The lowest BCUT2D eigenvalue weighted by Crippen LogP contribution is -1.92. The minimum Gasteiger partial charge on any atom is -0.207 e. The molecule has 90 valence electrons. The molecule has 0 fully saturated rings. The molecule has 1 unspecified atom stereocenters. The lowest BCUT2D eigenvalue weighted by Gasteiger charge is -2.07. The Morgan fingerprint density at radius 2 is 1.88 bits per heavy atom. The van der Waals surface area contributed by atoms with Crippen LogP contribution in [0.4, 0.5) is 4.39 Å². The maximum absolute atomic E-state index is 12.8. The van der Waals surface area contributed by atoms with E-state index in [9.17, 15) is 4.39 Å². The van der Waals surface area contributed by atoms with E-state index in [0.29, 0.717) is 4.83 Å². The van der Waals surface area contributed by atoms with Gasteiger partial charge in [0.05, 0.1) is 4.83 Å². The van der Waals surface area contributed by atoms with E-state index in [-0.39, 0.29) is 5.82 Å². The predicted molar refractivity (Wildman–Crippen MR) is 75.5 cm³/mol. The maximum Gasteiger partial charge on any atom is 0.123 e. The molecular formula is C14H14BrFS. The van der Waals surface area contributed by atoms with E-state index in [1.807, 2.05) is 23.5 Å². The third-order valence-electron chi connectivity index (χ3n) is 2.67. The highest BCUT2D eigenvalue weighted by Gasteiger charge is 2.11. The third-order valence-corrected chi connectivity index (χ3v) is 5.13. The second-order valence-electron chi connectivity index (χ2n) is 3.96. The quantitative estimate of drug-likeness (QED) is 0.687. The van der Waals surface area contributed by atoms with Gasteiger partial charge in [0.15, 0.2) is 0 Å². The van der Waals surface area contributed by atoms with Crippen LogP contribution in [0.15, 0.2) is 36.4 Å². The van der Waals surface area contributed by atoms with Crippen molar-refractivity contribution in [1.82, 2.24) is 0 Å². The van der Waals surface area contributed by atoms with Crippen molar-refractivity contribution in [3.63, 3.8) is 0 Å². The number of benzene rings is 1. The normalized spacial score (nSPS) is 12.6. The Labute approximate surface area is 114 Å². The number of hydrogen-bond acceptors (Lipinski definition) is 1. The van der Waals surface area contributed by atoms with E-state index in [4.69, 9.17) is 0 Å². The molecule has 0 N–H and O–H groups in total. The van der Waals surface area contributed by atoms with Crippen molar-refractivity contribution in [3.05, 3.63) is 57.5 Å². The maximum atomic E-state index is 12.8. The molecule has 1 atom stereocenters. The summed E-state index contributed by atoms with van der Waals surface area (Å²) < 4.78 is 12.8. The summed E-state index contributed by atoms with van der Waals surface area (Å²) in [6.45, 7) is 2.17. The Hall–Kier alpha value is -0.670. The molecule has 0 bridgehead atoms. The van der Waals surface area contributed by atoms with Gasteiger partial charge in [-0.25, -0.2) is 4.39 Å². The van der Waals surface area contributed by atoms with Crippen molar-refractivity contribution in [2.75, 3.05) is 0 Å². The van der Waals surface area contributed by atoms with E-state index in [2.05, 4.69) is 35.0 Å². The molecule has 0 nitrogen and oxygen atoms in total. The summed E-state index contributed by atoms with van der Waals surface area (Å²) in [5.74, 6) is -0.177. The number of alkyl halides is 1. The molecule has 3 heteroatoms. The van der Waals surface area contributed by atoms with Crippen LogP contribution in [0, 0.1) is 5.82 Å². The SMILES string of the molecule is CCc1ccc(C(Br)Cc2ccc(F)cc2)s1. The van der Waals surface area contributed by atoms with Gasteiger partial charge in [-0.05, 0) is 42.7 Å². The molecule has 1 heterocycles. The Balaban J connectivity index is 2.05. The first-order valence-electron chi connectivity index (χ1n) is 5.66. The van der Waals surface area contributed by atoms with Crippen molar-refractivity contribution < 1.29 is 4.39 Å². The molecule has 0 saturated carbocycles. The van der Waals surface area contributed by atoms with Gasteiger partial charge in [0.25, 0.3) is 0 Å². The van der Waals surface area contributed by atoms with Gasteiger partial charge in [0, 0.05) is 9.75 Å². The lowest BCUT2D eigenvalue weighted by atomic mass is 10.1. The highest BCUT2D eigenvalue weighted by atomic mass is 79.9. The van der Waals surface area contributed by atoms with Gasteiger partial charge >= 0.3 is 0 Å². The molecule has 1 aromatic heterocycles. The molecule has 0 aliphatic rings. The average molecular weight is 313 g/mol. The van der Waals surface area contributed by atoms with Gasteiger partial charge in [-0.3, -0.25) is 0 Å². The zero-order chi connectivity index (χ0) is 12.3. The summed E-state index contributed by atoms with van der Waals surface area (Å²) in [5.41, 5.74) is 1.15. The van der Waals surface area contributed by atoms with Crippen LogP contribution in [0.2, 0.25) is 0 Å². The number of aryl methyl sites for hydroxylation is 1. The van der Waals surface area contributed by atoms with Crippen LogP contribution >= 0.6 is 27.3 Å². The standard InChI is InChI=1S/C14H14BrFS/c1-2-12-7-8-14(17-12)13(15)9-10-3-5-11(16)6-4-10/h3-8,13H,2,9H2,1H3. The van der Waals surface area contributed by atoms with E-state index >= 15 is 0 Å². The zero-order valence-electron chi connectivity index (χ0n) is 9.62. The van der Waals surface area contributed by atoms with Gasteiger partial charge in [-0.2, -0.15) is 0 Å². The monoisotopic (exact) mass is 312 g/mol. The third kappa shape index (κ3) is 3.39. The Kier molecular flexibility index (Phi) is 4.35. The molecule has 0 spiro atoms. The largest absolute Gasteiger partial charge is 0.207 e. The number of hydrogen-bond donors (Lipinski definition) is 0. The van der Waals surface area contributed by atoms with E-state index < -0.39 is 0 Å². The summed E-state index contributed by atoms with van der Waals surface area (Å²) in [5, 5.41) is 0. The molecule has 2 aromatic rings. The first kappa shape index (κ1) is 12.8. The molecule has 0 aliphatic carbocycles. The fourth-order valence-corrected chi connectivity index (χ4v) is 3.42. The first-order valence-corrected chi connectivity index (χ1v) is 7.39. The second kappa shape index (κ2) is 5.78. The van der Waals surface area contributed by atoms with E-state index in [0.717, 1.165) is 18.4 Å². The minimum absolute atomic E-state index is 0.177.